The molecule has 0 aliphatic carbocycles. The number of ether oxygens (including phenoxy) is 3. The monoisotopic (exact) mass is 352 g/mol. The minimum absolute atomic E-state index is 0.0711. The fraction of sp³-hybridized carbons (Fsp3) is 0.556. The third kappa shape index (κ3) is 6.52. The summed E-state index contributed by atoms with van der Waals surface area (Å²) in [5, 5.41) is 2.96. The van der Waals surface area contributed by atoms with Crippen molar-refractivity contribution in [3.63, 3.8) is 0 Å². The van der Waals surface area contributed by atoms with Crippen LogP contribution in [0.25, 0.3) is 0 Å². The predicted octanol–water partition coefficient (Wildman–Crippen LogP) is 2.27. The summed E-state index contributed by atoms with van der Waals surface area (Å²) in [4.78, 5) is 23.4. The van der Waals surface area contributed by atoms with Crippen LogP contribution < -0.4 is 25.3 Å². The SMILES string of the molecule is CCCCCC(C)NC(=O)c1cc(OC)c(OCC(N)=O)c(OC)c1. The number of carbonyl (C=O) groups excluding carboxylic acids is 2. The van der Waals surface area contributed by atoms with E-state index in [4.69, 9.17) is 19.9 Å². The lowest BCUT2D eigenvalue weighted by atomic mass is 10.1. The van der Waals surface area contributed by atoms with E-state index in [1.54, 1.807) is 12.1 Å². The van der Waals surface area contributed by atoms with Gasteiger partial charge in [-0.1, -0.05) is 26.2 Å². The lowest BCUT2D eigenvalue weighted by molar-refractivity contribution is -0.120. The van der Waals surface area contributed by atoms with Gasteiger partial charge in [-0.05, 0) is 25.5 Å². The van der Waals surface area contributed by atoms with Gasteiger partial charge in [0.25, 0.3) is 11.8 Å². The van der Waals surface area contributed by atoms with E-state index in [0.717, 1.165) is 25.7 Å². The van der Waals surface area contributed by atoms with Gasteiger partial charge >= 0.3 is 0 Å². The zero-order valence-electron chi connectivity index (χ0n) is 15.4. The first kappa shape index (κ1) is 20.6. The largest absolute Gasteiger partial charge is 0.493 e. The van der Waals surface area contributed by atoms with E-state index in [-0.39, 0.29) is 24.3 Å². The maximum atomic E-state index is 12.5. The van der Waals surface area contributed by atoms with Crippen LogP contribution in [0.5, 0.6) is 17.2 Å². The fourth-order valence-electron chi connectivity index (χ4n) is 2.38. The van der Waals surface area contributed by atoms with Gasteiger partial charge in [-0.3, -0.25) is 9.59 Å². The Labute approximate surface area is 148 Å². The van der Waals surface area contributed by atoms with Crippen LogP contribution in [0, 0.1) is 0 Å². The zero-order chi connectivity index (χ0) is 18.8. The molecule has 0 radical (unpaired) electrons. The molecule has 0 aliphatic heterocycles. The van der Waals surface area contributed by atoms with Gasteiger partial charge in [0.1, 0.15) is 0 Å². The van der Waals surface area contributed by atoms with Gasteiger partial charge < -0.3 is 25.3 Å². The van der Waals surface area contributed by atoms with Crippen molar-refractivity contribution in [2.24, 2.45) is 5.73 Å². The van der Waals surface area contributed by atoms with E-state index in [0.29, 0.717) is 17.1 Å². The van der Waals surface area contributed by atoms with Crippen LogP contribution in [0.3, 0.4) is 0 Å². The Morgan fingerprint density at radius 1 is 1.16 bits per heavy atom. The molecule has 7 nitrogen and oxygen atoms in total. The molecular weight excluding hydrogens is 324 g/mol. The molecule has 0 saturated heterocycles. The maximum Gasteiger partial charge on any atom is 0.255 e. The Morgan fingerprint density at radius 2 is 1.76 bits per heavy atom. The summed E-state index contributed by atoms with van der Waals surface area (Å²) in [5.74, 6) is -0.0148. The van der Waals surface area contributed by atoms with Crippen molar-refractivity contribution in [1.29, 1.82) is 0 Å². The lowest BCUT2D eigenvalue weighted by Gasteiger charge is -2.17. The minimum atomic E-state index is -0.619. The van der Waals surface area contributed by atoms with Gasteiger partial charge in [-0.25, -0.2) is 0 Å². The highest BCUT2D eigenvalue weighted by molar-refractivity contribution is 5.95. The molecule has 25 heavy (non-hydrogen) atoms. The van der Waals surface area contributed by atoms with Gasteiger partial charge in [0.05, 0.1) is 14.2 Å². The van der Waals surface area contributed by atoms with Crippen molar-refractivity contribution in [3.05, 3.63) is 17.7 Å². The van der Waals surface area contributed by atoms with Gasteiger partial charge in [0, 0.05) is 11.6 Å². The molecule has 0 bridgehead atoms. The Bertz CT molecular complexity index is 564. The molecule has 0 heterocycles. The predicted molar refractivity (Wildman–Crippen MR) is 95.3 cm³/mol. The number of amides is 2. The highest BCUT2D eigenvalue weighted by atomic mass is 16.5. The summed E-state index contributed by atoms with van der Waals surface area (Å²) < 4.78 is 15.9. The molecule has 0 spiro atoms. The Hall–Kier alpha value is -2.44. The van der Waals surface area contributed by atoms with Crippen LogP contribution in [-0.2, 0) is 4.79 Å². The van der Waals surface area contributed by atoms with Crippen molar-refractivity contribution in [2.75, 3.05) is 20.8 Å². The van der Waals surface area contributed by atoms with Crippen molar-refractivity contribution in [3.8, 4) is 17.2 Å². The molecule has 2 amide bonds. The number of rotatable bonds is 11. The standard InChI is InChI=1S/C18H28N2O5/c1-5-6-7-8-12(2)20-18(22)13-9-14(23-3)17(15(10-13)24-4)25-11-16(19)21/h9-10,12H,5-8,11H2,1-4H3,(H2,19,21)(H,20,22). The zero-order valence-corrected chi connectivity index (χ0v) is 15.4. The molecule has 1 rings (SSSR count). The molecular formula is C18H28N2O5. The molecule has 1 atom stereocenters. The average Bonchev–Trinajstić information content (AvgIpc) is 2.59. The first-order valence-corrected chi connectivity index (χ1v) is 8.40. The Kier molecular flexibility index (Phi) is 8.60. The minimum Gasteiger partial charge on any atom is -0.493 e. The van der Waals surface area contributed by atoms with Crippen molar-refractivity contribution in [1.82, 2.24) is 5.32 Å². The molecule has 0 saturated carbocycles. The number of nitrogens with one attached hydrogen (secondary N) is 1. The summed E-state index contributed by atoms with van der Waals surface area (Å²) in [5.41, 5.74) is 5.49. The number of primary amides is 1. The highest BCUT2D eigenvalue weighted by Crippen LogP contribution is 2.38. The van der Waals surface area contributed by atoms with Crippen LogP contribution in [-0.4, -0.2) is 38.7 Å². The number of methoxy groups -OCH3 is 2. The van der Waals surface area contributed by atoms with Gasteiger partial charge in [0.2, 0.25) is 5.75 Å². The summed E-state index contributed by atoms with van der Waals surface area (Å²) in [6.45, 7) is 3.81. The molecule has 0 fully saturated rings. The smallest absolute Gasteiger partial charge is 0.255 e. The third-order valence-corrected chi connectivity index (χ3v) is 3.70. The second kappa shape index (κ2) is 10.4. The van der Waals surface area contributed by atoms with Crippen LogP contribution in [0.2, 0.25) is 0 Å². The molecule has 1 aromatic rings. The van der Waals surface area contributed by atoms with Gasteiger partial charge in [0.15, 0.2) is 18.1 Å². The Balaban J connectivity index is 2.92. The topological polar surface area (TPSA) is 99.9 Å². The highest BCUT2D eigenvalue weighted by Gasteiger charge is 2.19. The van der Waals surface area contributed by atoms with Crippen molar-refractivity contribution >= 4 is 11.8 Å². The summed E-state index contributed by atoms with van der Waals surface area (Å²) in [7, 11) is 2.89. The molecule has 3 N–H and O–H groups in total. The number of unbranched alkanes of at least 4 members (excludes halogenated alkanes) is 2. The number of hydrogen-bond acceptors (Lipinski definition) is 5. The number of benzene rings is 1. The van der Waals surface area contributed by atoms with Crippen LogP contribution >= 0.6 is 0 Å². The van der Waals surface area contributed by atoms with E-state index < -0.39 is 5.91 Å². The Morgan fingerprint density at radius 3 is 2.24 bits per heavy atom. The normalized spacial score (nSPS) is 11.5. The van der Waals surface area contributed by atoms with E-state index in [1.807, 2.05) is 6.92 Å². The first-order chi connectivity index (χ1) is 11.9. The summed E-state index contributed by atoms with van der Waals surface area (Å²) in [6, 6.07) is 3.17. The van der Waals surface area contributed by atoms with Crippen molar-refractivity contribution < 1.29 is 23.8 Å². The average molecular weight is 352 g/mol. The van der Waals surface area contributed by atoms with Crippen molar-refractivity contribution in [2.45, 2.75) is 45.6 Å². The van der Waals surface area contributed by atoms with E-state index in [2.05, 4.69) is 12.2 Å². The quantitative estimate of drug-likeness (QED) is 0.595. The van der Waals surface area contributed by atoms with Crippen LogP contribution in [0.15, 0.2) is 12.1 Å². The molecule has 140 valence electrons. The van der Waals surface area contributed by atoms with E-state index in [1.165, 1.54) is 14.2 Å². The lowest BCUT2D eigenvalue weighted by Crippen LogP contribution is -2.32. The number of nitrogens with two attached hydrogens (primary N) is 1. The molecule has 0 aliphatic rings. The van der Waals surface area contributed by atoms with Crippen LogP contribution in [0.4, 0.5) is 0 Å². The van der Waals surface area contributed by atoms with E-state index in [9.17, 15) is 9.59 Å². The molecule has 7 heteroatoms. The maximum absolute atomic E-state index is 12.5. The number of carbonyl (C=O) groups is 2. The summed E-state index contributed by atoms with van der Waals surface area (Å²) >= 11 is 0. The van der Waals surface area contributed by atoms with E-state index >= 15 is 0 Å². The van der Waals surface area contributed by atoms with Crippen LogP contribution in [0.1, 0.15) is 49.9 Å². The second-order valence-electron chi connectivity index (χ2n) is 5.84. The van der Waals surface area contributed by atoms with Gasteiger partial charge in [-0.2, -0.15) is 0 Å². The number of hydrogen-bond donors (Lipinski definition) is 2. The van der Waals surface area contributed by atoms with Gasteiger partial charge in [-0.15, -0.1) is 0 Å². The third-order valence-electron chi connectivity index (χ3n) is 3.70. The fourth-order valence-corrected chi connectivity index (χ4v) is 2.38. The summed E-state index contributed by atoms with van der Waals surface area (Å²) in [6.07, 6.45) is 4.29. The second-order valence-corrected chi connectivity index (χ2v) is 5.84. The molecule has 0 aromatic heterocycles. The molecule has 1 aromatic carbocycles. The first-order valence-electron chi connectivity index (χ1n) is 8.40. The molecule has 1 unspecified atom stereocenters.